The Bertz CT molecular complexity index is 1040. The molecule has 134 valence electrons. The third-order valence-electron chi connectivity index (χ3n) is 3.66. The molecule has 0 spiro atoms. The number of carbonyl (C=O) groups excluding carboxylic acids is 1. The highest BCUT2D eigenvalue weighted by molar-refractivity contribution is 7.89. The van der Waals surface area contributed by atoms with Crippen LogP contribution < -0.4 is 10.3 Å². The Balaban J connectivity index is 1.79. The highest BCUT2D eigenvalue weighted by atomic mass is 35.5. The number of sulfonamides is 1. The van der Waals surface area contributed by atoms with E-state index in [1.807, 2.05) is 37.3 Å². The summed E-state index contributed by atoms with van der Waals surface area (Å²) >= 11 is 7.15. The van der Waals surface area contributed by atoms with E-state index in [1.54, 1.807) is 17.5 Å². The lowest BCUT2D eigenvalue weighted by Gasteiger charge is -2.10. The maximum Gasteiger partial charge on any atom is 0.276 e. The van der Waals surface area contributed by atoms with Gasteiger partial charge in [0.1, 0.15) is 9.77 Å². The van der Waals surface area contributed by atoms with E-state index in [4.69, 9.17) is 11.6 Å². The molecule has 26 heavy (non-hydrogen) atoms. The summed E-state index contributed by atoms with van der Waals surface area (Å²) in [6.45, 7) is 1.98. The van der Waals surface area contributed by atoms with Gasteiger partial charge in [-0.25, -0.2) is 8.42 Å². The molecule has 3 aromatic rings. The summed E-state index contributed by atoms with van der Waals surface area (Å²) in [6.07, 6.45) is 0. The first-order valence-corrected chi connectivity index (χ1v) is 10.3. The molecule has 1 heterocycles. The zero-order chi connectivity index (χ0) is 18.7. The Labute approximate surface area is 160 Å². The quantitative estimate of drug-likeness (QED) is 0.629. The van der Waals surface area contributed by atoms with Crippen LogP contribution in [0.25, 0.3) is 11.1 Å². The number of rotatable bonds is 5. The topological polar surface area (TPSA) is 75.3 Å². The van der Waals surface area contributed by atoms with Crippen LogP contribution in [0.5, 0.6) is 0 Å². The summed E-state index contributed by atoms with van der Waals surface area (Å²) in [5.74, 6) is -0.536. The number of hydrogen-bond acceptors (Lipinski definition) is 4. The largest absolute Gasteiger partial charge is 0.276 e. The number of hydrazine groups is 1. The number of nitrogens with one attached hydrogen (secondary N) is 2. The van der Waals surface area contributed by atoms with Crippen molar-refractivity contribution in [2.75, 3.05) is 0 Å². The third-order valence-corrected chi connectivity index (χ3v) is 6.32. The highest BCUT2D eigenvalue weighted by Gasteiger charge is 2.20. The molecule has 1 amide bonds. The van der Waals surface area contributed by atoms with Crippen LogP contribution in [0.3, 0.4) is 0 Å². The molecule has 0 aliphatic heterocycles. The molecule has 3 rings (SSSR count). The minimum atomic E-state index is -3.97. The molecule has 8 heteroatoms. The molecule has 5 nitrogen and oxygen atoms in total. The lowest BCUT2D eigenvalue weighted by molar-refractivity contribution is 0.0950. The van der Waals surface area contributed by atoms with E-state index in [9.17, 15) is 13.2 Å². The van der Waals surface area contributed by atoms with Crippen LogP contribution >= 0.6 is 22.9 Å². The summed E-state index contributed by atoms with van der Waals surface area (Å²) in [4.78, 5) is 14.9. The van der Waals surface area contributed by atoms with Gasteiger partial charge in [0.25, 0.3) is 15.9 Å². The zero-order valence-electron chi connectivity index (χ0n) is 13.7. The molecular formula is C18H15ClN2O3S2. The Morgan fingerprint density at radius 1 is 1.04 bits per heavy atom. The Kier molecular flexibility index (Phi) is 5.43. The molecule has 0 bridgehead atoms. The lowest BCUT2D eigenvalue weighted by atomic mass is 10.1. The fraction of sp³-hybridized carbons (Fsp3) is 0.0556. The normalized spacial score (nSPS) is 11.3. The first kappa shape index (κ1) is 18.6. The molecule has 0 atom stereocenters. The first-order chi connectivity index (χ1) is 12.4. The van der Waals surface area contributed by atoms with Crippen molar-refractivity contribution in [1.29, 1.82) is 0 Å². The standard InChI is InChI=1S/C18H15ClN2O3S2/c1-12-6-8-13(9-7-12)14-10-11-25-17(14)18(22)20-21-26(23,24)16-5-3-2-4-15(16)19/h2-11,21H,1H3,(H,20,22). The fourth-order valence-corrected chi connectivity index (χ4v) is 4.50. The smallest absolute Gasteiger partial charge is 0.273 e. The molecule has 0 aliphatic rings. The van der Waals surface area contributed by atoms with Crippen LogP contribution in [-0.4, -0.2) is 14.3 Å². The van der Waals surface area contributed by atoms with E-state index >= 15 is 0 Å². The second-order valence-corrected chi connectivity index (χ2v) is 8.49. The average molecular weight is 407 g/mol. The third kappa shape index (κ3) is 3.96. The van der Waals surface area contributed by atoms with Crippen molar-refractivity contribution in [3.8, 4) is 11.1 Å². The molecular weight excluding hydrogens is 392 g/mol. The molecule has 2 aromatic carbocycles. The van der Waals surface area contributed by atoms with Crippen LogP contribution in [-0.2, 0) is 10.0 Å². The Morgan fingerprint density at radius 3 is 2.42 bits per heavy atom. The van der Waals surface area contributed by atoms with Gasteiger partial charge in [-0.05, 0) is 36.1 Å². The van der Waals surface area contributed by atoms with Gasteiger partial charge in [-0.3, -0.25) is 10.2 Å². The fourth-order valence-electron chi connectivity index (χ4n) is 2.33. The van der Waals surface area contributed by atoms with Crippen LogP contribution in [0, 0.1) is 6.92 Å². The molecule has 0 fully saturated rings. The van der Waals surface area contributed by atoms with E-state index in [2.05, 4.69) is 10.3 Å². The van der Waals surface area contributed by atoms with Crippen LogP contribution in [0.1, 0.15) is 15.2 Å². The zero-order valence-corrected chi connectivity index (χ0v) is 16.1. The lowest BCUT2D eigenvalue weighted by Crippen LogP contribution is -2.41. The highest BCUT2D eigenvalue weighted by Crippen LogP contribution is 2.28. The van der Waals surface area contributed by atoms with Gasteiger partial charge in [-0.15, -0.1) is 16.2 Å². The summed E-state index contributed by atoms with van der Waals surface area (Å²) in [7, 11) is -3.97. The SMILES string of the molecule is Cc1ccc(-c2ccsc2C(=O)NNS(=O)(=O)c2ccccc2Cl)cc1. The van der Waals surface area contributed by atoms with Crippen molar-refractivity contribution in [2.45, 2.75) is 11.8 Å². The van der Waals surface area contributed by atoms with Crippen molar-refractivity contribution in [2.24, 2.45) is 0 Å². The van der Waals surface area contributed by atoms with Gasteiger partial charge in [0.2, 0.25) is 0 Å². The average Bonchev–Trinajstić information content (AvgIpc) is 3.10. The predicted octanol–water partition coefficient (Wildman–Crippen LogP) is 4.00. The number of benzene rings is 2. The minimum Gasteiger partial charge on any atom is -0.273 e. The second kappa shape index (κ2) is 7.59. The van der Waals surface area contributed by atoms with Crippen molar-refractivity contribution >= 4 is 38.9 Å². The molecule has 0 saturated carbocycles. The summed E-state index contributed by atoms with van der Waals surface area (Å²) in [5, 5.41) is 1.86. The van der Waals surface area contributed by atoms with E-state index in [-0.39, 0.29) is 9.92 Å². The van der Waals surface area contributed by atoms with Gasteiger partial charge < -0.3 is 0 Å². The summed E-state index contributed by atoms with van der Waals surface area (Å²) in [6, 6.07) is 15.6. The van der Waals surface area contributed by atoms with Gasteiger partial charge in [0.05, 0.1) is 5.02 Å². The minimum absolute atomic E-state index is 0.0747. The number of thiophene rings is 1. The summed E-state index contributed by atoms with van der Waals surface area (Å²) in [5.41, 5.74) is 4.99. The van der Waals surface area contributed by atoms with E-state index < -0.39 is 15.9 Å². The van der Waals surface area contributed by atoms with Crippen LogP contribution in [0.4, 0.5) is 0 Å². The maximum absolute atomic E-state index is 12.5. The Morgan fingerprint density at radius 2 is 1.73 bits per heavy atom. The van der Waals surface area contributed by atoms with E-state index in [1.165, 1.54) is 23.5 Å². The van der Waals surface area contributed by atoms with Crippen molar-refractivity contribution in [1.82, 2.24) is 10.3 Å². The van der Waals surface area contributed by atoms with Gasteiger partial charge in [0.15, 0.2) is 0 Å². The number of amides is 1. The Hall–Kier alpha value is -2.19. The van der Waals surface area contributed by atoms with Crippen molar-refractivity contribution in [3.63, 3.8) is 0 Å². The molecule has 0 saturated heterocycles. The predicted molar refractivity (Wildman–Crippen MR) is 104 cm³/mol. The monoisotopic (exact) mass is 406 g/mol. The van der Waals surface area contributed by atoms with Gasteiger partial charge >= 0.3 is 0 Å². The maximum atomic E-state index is 12.5. The second-order valence-electron chi connectivity index (χ2n) is 5.52. The molecule has 0 radical (unpaired) electrons. The molecule has 0 unspecified atom stereocenters. The van der Waals surface area contributed by atoms with Crippen LogP contribution in [0.15, 0.2) is 64.9 Å². The molecule has 0 aliphatic carbocycles. The van der Waals surface area contributed by atoms with Gasteiger partial charge in [-0.1, -0.05) is 53.6 Å². The van der Waals surface area contributed by atoms with Gasteiger partial charge in [0, 0.05) is 5.56 Å². The molecule has 1 aromatic heterocycles. The van der Waals surface area contributed by atoms with E-state index in [0.29, 0.717) is 4.88 Å². The number of carbonyl (C=O) groups is 1. The van der Waals surface area contributed by atoms with Crippen molar-refractivity contribution < 1.29 is 13.2 Å². The number of hydrogen-bond donors (Lipinski definition) is 2. The van der Waals surface area contributed by atoms with E-state index in [0.717, 1.165) is 16.7 Å². The summed E-state index contributed by atoms with van der Waals surface area (Å²) < 4.78 is 24.6. The van der Waals surface area contributed by atoms with Crippen molar-refractivity contribution in [3.05, 3.63) is 75.4 Å². The van der Waals surface area contributed by atoms with Crippen LogP contribution in [0.2, 0.25) is 5.02 Å². The van der Waals surface area contributed by atoms with Gasteiger partial charge in [-0.2, -0.15) is 0 Å². The number of halogens is 1. The molecule has 2 N–H and O–H groups in total. The first-order valence-electron chi connectivity index (χ1n) is 7.60. The number of aryl methyl sites for hydroxylation is 1.